The maximum absolute atomic E-state index is 12.7. The van der Waals surface area contributed by atoms with Crippen molar-refractivity contribution < 1.29 is 0 Å². The molecule has 3 heterocycles. The van der Waals surface area contributed by atoms with Gasteiger partial charge in [0.25, 0.3) is 5.56 Å². The van der Waals surface area contributed by atoms with Gasteiger partial charge in [0, 0.05) is 21.7 Å². The van der Waals surface area contributed by atoms with Gasteiger partial charge in [-0.25, -0.2) is 4.68 Å². The van der Waals surface area contributed by atoms with Crippen LogP contribution in [-0.2, 0) is 6.54 Å². The van der Waals surface area contributed by atoms with Gasteiger partial charge >= 0.3 is 0 Å². The number of nitrogens with zero attached hydrogens (tertiary/aromatic N) is 3. The Balaban J connectivity index is 1.98. The highest BCUT2D eigenvalue weighted by atomic mass is 35.5. The Morgan fingerprint density at radius 2 is 2.04 bits per heavy atom. The van der Waals surface area contributed by atoms with Gasteiger partial charge in [-0.2, -0.15) is 5.10 Å². The van der Waals surface area contributed by atoms with Gasteiger partial charge in [-0.3, -0.25) is 9.78 Å². The summed E-state index contributed by atoms with van der Waals surface area (Å²) < 4.78 is 1.49. The Morgan fingerprint density at radius 1 is 1.12 bits per heavy atom. The zero-order chi connectivity index (χ0) is 16.5. The van der Waals surface area contributed by atoms with E-state index in [1.807, 2.05) is 41.8 Å². The molecule has 6 heteroatoms. The second kappa shape index (κ2) is 6.19. The lowest BCUT2D eigenvalue weighted by Gasteiger charge is -2.10. The molecule has 0 unspecified atom stereocenters. The van der Waals surface area contributed by atoms with Crippen molar-refractivity contribution >= 4 is 33.8 Å². The first-order chi connectivity index (χ1) is 11.7. The molecule has 0 aliphatic rings. The fourth-order valence-corrected chi connectivity index (χ4v) is 3.48. The molecule has 3 aromatic heterocycles. The first kappa shape index (κ1) is 15.1. The Labute approximate surface area is 147 Å². The number of pyridine rings is 1. The summed E-state index contributed by atoms with van der Waals surface area (Å²) in [4.78, 5) is 18.2. The molecule has 0 radical (unpaired) electrons. The summed E-state index contributed by atoms with van der Waals surface area (Å²) in [5.74, 6) is 0. The van der Waals surface area contributed by atoms with Gasteiger partial charge in [-0.15, -0.1) is 11.3 Å². The van der Waals surface area contributed by atoms with E-state index in [2.05, 4.69) is 10.1 Å². The van der Waals surface area contributed by atoms with Crippen LogP contribution in [0.25, 0.3) is 22.2 Å². The average molecular weight is 354 g/mol. The van der Waals surface area contributed by atoms with Crippen molar-refractivity contribution in [2.24, 2.45) is 0 Å². The Hall–Kier alpha value is -2.50. The number of hydrogen-bond acceptors (Lipinski definition) is 4. The summed E-state index contributed by atoms with van der Waals surface area (Å²) in [6, 6.07) is 14.9. The summed E-state index contributed by atoms with van der Waals surface area (Å²) in [7, 11) is 0. The van der Waals surface area contributed by atoms with Crippen molar-refractivity contribution in [3.05, 3.63) is 80.4 Å². The van der Waals surface area contributed by atoms with Gasteiger partial charge in [0.2, 0.25) is 0 Å². The molecular weight excluding hydrogens is 342 g/mol. The maximum atomic E-state index is 12.7. The van der Waals surface area contributed by atoms with Crippen LogP contribution in [0.4, 0.5) is 0 Å². The third-order valence-electron chi connectivity index (χ3n) is 3.70. The van der Waals surface area contributed by atoms with Crippen molar-refractivity contribution in [2.45, 2.75) is 6.54 Å². The molecule has 0 N–H and O–H groups in total. The van der Waals surface area contributed by atoms with Crippen molar-refractivity contribution in [3.63, 3.8) is 0 Å². The zero-order valence-corrected chi connectivity index (χ0v) is 14.1. The molecule has 4 aromatic rings. The predicted octanol–water partition coefficient (Wildman–Crippen LogP) is 4.22. The van der Waals surface area contributed by atoms with E-state index in [1.165, 1.54) is 4.68 Å². The fraction of sp³-hybridized carbons (Fsp3) is 0.0556. The highest BCUT2D eigenvalue weighted by molar-refractivity contribution is 7.09. The van der Waals surface area contributed by atoms with E-state index >= 15 is 0 Å². The Kier molecular flexibility index (Phi) is 3.88. The number of fused-ring (bicyclic) bond motifs is 1. The molecule has 0 aliphatic carbocycles. The first-order valence-corrected chi connectivity index (χ1v) is 8.62. The maximum Gasteiger partial charge on any atom is 0.276 e. The number of halogens is 1. The van der Waals surface area contributed by atoms with Crippen LogP contribution < -0.4 is 5.56 Å². The number of rotatable bonds is 3. The molecule has 1 aromatic carbocycles. The van der Waals surface area contributed by atoms with Crippen LogP contribution in [-0.4, -0.2) is 14.8 Å². The van der Waals surface area contributed by atoms with Gasteiger partial charge < -0.3 is 0 Å². The second-order valence-electron chi connectivity index (χ2n) is 5.30. The lowest BCUT2D eigenvalue weighted by Crippen LogP contribution is -2.24. The van der Waals surface area contributed by atoms with Gasteiger partial charge in [-0.1, -0.05) is 29.8 Å². The van der Waals surface area contributed by atoms with E-state index in [0.717, 1.165) is 10.4 Å². The average Bonchev–Trinajstić information content (AvgIpc) is 3.10. The van der Waals surface area contributed by atoms with Gasteiger partial charge in [0.05, 0.1) is 11.9 Å². The molecular formula is C18H12ClN3OS. The summed E-state index contributed by atoms with van der Waals surface area (Å²) in [6.45, 7) is 0.439. The summed E-state index contributed by atoms with van der Waals surface area (Å²) in [5.41, 5.74) is 1.94. The smallest absolute Gasteiger partial charge is 0.267 e. The minimum absolute atomic E-state index is 0.141. The SMILES string of the molecule is O=c1c2cccnc2c(-c2cccc(Cl)c2)nn1Cc1cccs1. The molecule has 4 nitrogen and oxygen atoms in total. The number of thiophene rings is 1. The van der Waals surface area contributed by atoms with Crippen molar-refractivity contribution in [2.75, 3.05) is 0 Å². The highest BCUT2D eigenvalue weighted by Gasteiger charge is 2.14. The van der Waals surface area contributed by atoms with Gasteiger partial charge in [0.15, 0.2) is 0 Å². The summed E-state index contributed by atoms with van der Waals surface area (Å²) in [6.07, 6.45) is 1.67. The minimum atomic E-state index is -0.141. The molecule has 0 spiro atoms. The lowest BCUT2D eigenvalue weighted by atomic mass is 10.1. The third-order valence-corrected chi connectivity index (χ3v) is 4.80. The lowest BCUT2D eigenvalue weighted by molar-refractivity contribution is 0.657. The molecule has 0 aliphatic heterocycles. The highest BCUT2D eigenvalue weighted by Crippen LogP contribution is 2.25. The van der Waals surface area contributed by atoms with Crippen LogP contribution in [0.1, 0.15) is 4.88 Å². The van der Waals surface area contributed by atoms with E-state index < -0.39 is 0 Å². The molecule has 24 heavy (non-hydrogen) atoms. The van der Waals surface area contributed by atoms with Crippen LogP contribution in [0.15, 0.2) is 64.9 Å². The summed E-state index contributed by atoms with van der Waals surface area (Å²) >= 11 is 7.72. The number of hydrogen-bond donors (Lipinski definition) is 0. The molecule has 118 valence electrons. The quantitative estimate of drug-likeness (QED) is 0.554. The molecule has 0 bridgehead atoms. The van der Waals surface area contributed by atoms with Crippen LogP contribution in [0, 0.1) is 0 Å². The third kappa shape index (κ3) is 2.72. The topological polar surface area (TPSA) is 47.8 Å². The van der Waals surface area contributed by atoms with Gasteiger partial charge in [-0.05, 0) is 35.7 Å². The summed E-state index contributed by atoms with van der Waals surface area (Å²) in [5, 5.41) is 7.74. The first-order valence-electron chi connectivity index (χ1n) is 7.36. The fourth-order valence-electron chi connectivity index (χ4n) is 2.61. The normalized spacial score (nSPS) is 11.0. The minimum Gasteiger partial charge on any atom is -0.267 e. The van der Waals surface area contributed by atoms with Gasteiger partial charge in [0.1, 0.15) is 11.2 Å². The van der Waals surface area contributed by atoms with E-state index in [9.17, 15) is 4.79 Å². The van der Waals surface area contributed by atoms with Crippen molar-refractivity contribution in [1.82, 2.24) is 14.8 Å². The number of benzene rings is 1. The standard InChI is InChI=1S/C18H12ClN3OS/c19-13-5-1-4-12(10-13)16-17-15(7-2-8-20-17)18(23)22(21-16)11-14-6-3-9-24-14/h1-10H,11H2. The monoisotopic (exact) mass is 353 g/mol. The zero-order valence-electron chi connectivity index (χ0n) is 12.5. The van der Waals surface area contributed by atoms with E-state index in [4.69, 9.17) is 11.6 Å². The van der Waals surface area contributed by atoms with Crippen LogP contribution in [0.3, 0.4) is 0 Å². The predicted molar refractivity (Wildman–Crippen MR) is 97.7 cm³/mol. The van der Waals surface area contributed by atoms with Crippen LogP contribution in [0.2, 0.25) is 5.02 Å². The van der Waals surface area contributed by atoms with E-state index in [1.54, 1.807) is 29.7 Å². The Bertz CT molecular complexity index is 1070. The van der Waals surface area contributed by atoms with E-state index in [-0.39, 0.29) is 5.56 Å². The van der Waals surface area contributed by atoms with E-state index in [0.29, 0.717) is 28.2 Å². The van der Waals surface area contributed by atoms with Crippen molar-refractivity contribution in [3.8, 4) is 11.3 Å². The van der Waals surface area contributed by atoms with Crippen molar-refractivity contribution in [1.29, 1.82) is 0 Å². The molecule has 0 atom stereocenters. The number of aromatic nitrogens is 3. The molecule has 4 rings (SSSR count). The second-order valence-corrected chi connectivity index (χ2v) is 6.77. The van der Waals surface area contributed by atoms with Crippen LogP contribution in [0.5, 0.6) is 0 Å². The Morgan fingerprint density at radius 3 is 2.83 bits per heavy atom. The van der Waals surface area contributed by atoms with Crippen LogP contribution >= 0.6 is 22.9 Å². The molecule has 0 saturated carbocycles. The molecule has 0 saturated heterocycles. The molecule has 0 amide bonds. The molecule has 0 fully saturated rings. The largest absolute Gasteiger partial charge is 0.276 e.